The molecule has 3 nitrogen and oxygen atoms in total. The van der Waals surface area contributed by atoms with Gasteiger partial charge in [0.25, 0.3) is 0 Å². The van der Waals surface area contributed by atoms with Crippen molar-refractivity contribution in [2.24, 2.45) is 0 Å². The van der Waals surface area contributed by atoms with Crippen LogP contribution in [-0.4, -0.2) is 19.3 Å². The van der Waals surface area contributed by atoms with Gasteiger partial charge in [-0.3, -0.25) is 0 Å². The van der Waals surface area contributed by atoms with Crippen molar-refractivity contribution in [2.75, 3.05) is 14.2 Å². The fraction of sp³-hybridized carbons (Fsp3) is 0.250. The van der Waals surface area contributed by atoms with Gasteiger partial charge in [-0.05, 0) is 76.5 Å². The molecule has 112 valence electrons. The lowest BCUT2D eigenvalue weighted by Crippen LogP contribution is -2.05. The third-order valence-corrected chi connectivity index (χ3v) is 4.54. The summed E-state index contributed by atoms with van der Waals surface area (Å²) >= 11 is 8.22. The van der Waals surface area contributed by atoms with Crippen molar-refractivity contribution in [1.82, 2.24) is 0 Å². The van der Waals surface area contributed by atoms with Crippen LogP contribution in [0.15, 0.2) is 30.3 Å². The Bertz CT molecular complexity index is 658. The Balaban J connectivity index is 2.52. The van der Waals surface area contributed by atoms with Crippen LogP contribution in [0.3, 0.4) is 0 Å². The zero-order valence-corrected chi connectivity index (χ0v) is 14.9. The first-order chi connectivity index (χ1) is 9.97. The Morgan fingerprint density at radius 3 is 2.29 bits per heavy atom. The summed E-state index contributed by atoms with van der Waals surface area (Å²) in [5.74, 6) is 1.24. The van der Waals surface area contributed by atoms with Crippen LogP contribution in [0.4, 0.5) is 0 Å². The maximum Gasteiger partial charge on any atom is 0.161 e. The van der Waals surface area contributed by atoms with Gasteiger partial charge in [0.1, 0.15) is 6.10 Å². The number of aryl methyl sites for hydroxylation is 1. The topological polar surface area (TPSA) is 38.7 Å². The molecule has 0 saturated heterocycles. The molecule has 5 heteroatoms. The van der Waals surface area contributed by atoms with Gasteiger partial charge in [0, 0.05) is 8.59 Å². The first-order valence-corrected chi connectivity index (χ1v) is 7.79. The Morgan fingerprint density at radius 1 is 1.05 bits per heavy atom. The highest BCUT2D eigenvalue weighted by molar-refractivity contribution is 14.1. The smallest absolute Gasteiger partial charge is 0.161 e. The normalized spacial score (nSPS) is 12.1. The van der Waals surface area contributed by atoms with Crippen molar-refractivity contribution in [1.29, 1.82) is 0 Å². The van der Waals surface area contributed by atoms with Crippen molar-refractivity contribution in [2.45, 2.75) is 13.0 Å². The highest BCUT2D eigenvalue weighted by Gasteiger charge is 2.19. The van der Waals surface area contributed by atoms with Gasteiger partial charge in [-0.2, -0.15) is 0 Å². The summed E-state index contributed by atoms with van der Waals surface area (Å²) in [7, 11) is 3.17. The molecule has 2 aromatic carbocycles. The molecule has 0 aromatic heterocycles. The predicted octanol–water partition coefficient (Wildman–Crippen LogP) is 4.35. The average molecular weight is 419 g/mol. The Morgan fingerprint density at radius 2 is 1.67 bits per heavy atom. The first kappa shape index (κ1) is 16.4. The monoisotopic (exact) mass is 418 g/mol. The van der Waals surface area contributed by atoms with Crippen LogP contribution >= 0.6 is 34.2 Å². The van der Waals surface area contributed by atoms with Crippen LogP contribution < -0.4 is 9.47 Å². The van der Waals surface area contributed by atoms with E-state index in [2.05, 4.69) is 22.6 Å². The minimum Gasteiger partial charge on any atom is -0.493 e. The van der Waals surface area contributed by atoms with E-state index in [9.17, 15) is 5.11 Å². The molecule has 0 amide bonds. The standard InChI is InChI=1S/C16H16ClIO3/c1-9-6-14(20-2)15(21-3)8-11(9)16(19)12-7-10(17)4-5-13(12)18/h4-8,16,19H,1-3H3. The zero-order valence-electron chi connectivity index (χ0n) is 12.0. The molecule has 2 rings (SSSR count). The van der Waals surface area contributed by atoms with E-state index in [1.807, 2.05) is 19.1 Å². The molecule has 2 aromatic rings. The highest BCUT2D eigenvalue weighted by Crippen LogP contribution is 2.36. The third-order valence-electron chi connectivity index (χ3n) is 3.32. The second kappa shape index (κ2) is 6.85. The SMILES string of the molecule is COc1cc(C)c(C(O)c2cc(Cl)ccc2I)cc1OC. The molecule has 1 atom stereocenters. The lowest BCUT2D eigenvalue weighted by Gasteiger charge is -2.18. The second-order valence-electron chi connectivity index (χ2n) is 4.63. The highest BCUT2D eigenvalue weighted by atomic mass is 127. The van der Waals surface area contributed by atoms with Crippen molar-refractivity contribution >= 4 is 34.2 Å². The van der Waals surface area contributed by atoms with Gasteiger partial charge in [-0.1, -0.05) is 11.6 Å². The molecule has 1 unspecified atom stereocenters. The molecule has 0 heterocycles. The number of hydrogen-bond acceptors (Lipinski definition) is 3. The molecular formula is C16H16ClIO3. The quantitative estimate of drug-likeness (QED) is 0.750. The molecule has 0 saturated carbocycles. The maximum absolute atomic E-state index is 10.7. The molecule has 0 aliphatic rings. The van der Waals surface area contributed by atoms with Gasteiger partial charge in [-0.25, -0.2) is 0 Å². The van der Waals surface area contributed by atoms with Crippen LogP contribution in [0.2, 0.25) is 5.02 Å². The Kier molecular flexibility index (Phi) is 5.35. The van der Waals surface area contributed by atoms with E-state index in [1.54, 1.807) is 32.4 Å². The Hall–Kier alpha value is -0.980. The number of rotatable bonds is 4. The van der Waals surface area contributed by atoms with Gasteiger partial charge in [0.15, 0.2) is 11.5 Å². The number of halogens is 2. The van der Waals surface area contributed by atoms with E-state index in [4.69, 9.17) is 21.1 Å². The van der Waals surface area contributed by atoms with Gasteiger partial charge in [0.05, 0.1) is 14.2 Å². The lowest BCUT2D eigenvalue weighted by atomic mass is 9.97. The summed E-state index contributed by atoms with van der Waals surface area (Å²) in [6, 6.07) is 9.13. The van der Waals surface area contributed by atoms with Gasteiger partial charge >= 0.3 is 0 Å². The lowest BCUT2D eigenvalue weighted by molar-refractivity contribution is 0.218. The summed E-state index contributed by atoms with van der Waals surface area (Å²) < 4.78 is 11.5. The van der Waals surface area contributed by atoms with E-state index in [0.29, 0.717) is 16.5 Å². The number of methoxy groups -OCH3 is 2. The minimum atomic E-state index is -0.768. The molecule has 0 radical (unpaired) electrons. The summed E-state index contributed by atoms with van der Waals surface area (Å²) in [6.45, 7) is 1.93. The summed E-state index contributed by atoms with van der Waals surface area (Å²) in [5.41, 5.74) is 2.47. The predicted molar refractivity (Wildman–Crippen MR) is 92.5 cm³/mol. The number of hydrogen-bond donors (Lipinski definition) is 1. The number of benzene rings is 2. The van der Waals surface area contributed by atoms with E-state index in [0.717, 1.165) is 20.3 Å². The Labute approximate surface area is 143 Å². The van der Waals surface area contributed by atoms with E-state index < -0.39 is 6.10 Å². The van der Waals surface area contributed by atoms with Gasteiger partial charge in [-0.15, -0.1) is 0 Å². The number of ether oxygens (including phenoxy) is 2. The minimum absolute atomic E-state index is 0.592. The first-order valence-electron chi connectivity index (χ1n) is 6.33. The van der Waals surface area contributed by atoms with Crippen LogP contribution in [0.5, 0.6) is 11.5 Å². The number of aliphatic hydroxyl groups is 1. The van der Waals surface area contributed by atoms with Crippen LogP contribution in [0.25, 0.3) is 0 Å². The largest absolute Gasteiger partial charge is 0.493 e. The van der Waals surface area contributed by atoms with Crippen LogP contribution in [0, 0.1) is 10.5 Å². The van der Waals surface area contributed by atoms with Crippen molar-refractivity contribution in [3.8, 4) is 11.5 Å². The third kappa shape index (κ3) is 3.44. The summed E-state index contributed by atoms with van der Waals surface area (Å²) in [4.78, 5) is 0. The molecule has 0 bridgehead atoms. The van der Waals surface area contributed by atoms with Crippen molar-refractivity contribution in [3.05, 3.63) is 55.6 Å². The van der Waals surface area contributed by atoms with Gasteiger partial charge < -0.3 is 14.6 Å². The molecule has 0 aliphatic heterocycles. The number of aliphatic hydroxyl groups excluding tert-OH is 1. The van der Waals surface area contributed by atoms with Crippen molar-refractivity contribution < 1.29 is 14.6 Å². The van der Waals surface area contributed by atoms with E-state index in [-0.39, 0.29) is 0 Å². The molecule has 0 fully saturated rings. The zero-order chi connectivity index (χ0) is 15.6. The molecule has 21 heavy (non-hydrogen) atoms. The second-order valence-corrected chi connectivity index (χ2v) is 6.23. The molecule has 0 spiro atoms. The molecular weight excluding hydrogens is 403 g/mol. The van der Waals surface area contributed by atoms with Crippen LogP contribution in [0.1, 0.15) is 22.8 Å². The van der Waals surface area contributed by atoms with E-state index >= 15 is 0 Å². The molecule has 0 aliphatic carbocycles. The van der Waals surface area contributed by atoms with Crippen molar-refractivity contribution in [3.63, 3.8) is 0 Å². The maximum atomic E-state index is 10.7. The fourth-order valence-electron chi connectivity index (χ4n) is 2.18. The van der Waals surface area contributed by atoms with Crippen LogP contribution in [-0.2, 0) is 0 Å². The summed E-state index contributed by atoms with van der Waals surface area (Å²) in [5, 5.41) is 11.3. The average Bonchev–Trinajstić information content (AvgIpc) is 2.48. The van der Waals surface area contributed by atoms with E-state index in [1.165, 1.54) is 0 Å². The fourth-order valence-corrected chi connectivity index (χ4v) is 2.99. The van der Waals surface area contributed by atoms with Gasteiger partial charge in [0.2, 0.25) is 0 Å². The molecule has 1 N–H and O–H groups in total. The summed E-state index contributed by atoms with van der Waals surface area (Å²) in [6.07, 6.45) is -0.768.